The normalized spacial score (nSPS) is 18.1. The third kappa shape index (κ3) is 5.59. The number of benzene rings is 1. The van der Waals surface area contributed by atoms with Gasteiger partial charge in [0.25, 0.3) is 11.5 Å². The number of aliphatic carboxylic acids is 1. The fraction of sp³-hybridized carbons (Fsp3) is 0.345. The Morgan fingerprint density at radius 2 is 1.93 bits per heavy atom. The van der Waals surface area contributed by atoms with Crippen molar-refractivity contribution in [2.75, 3.05) is 44.4 Å². The number of thiocarbonyl (C=S) groups is 1. The van der Waals surface area contributed by atoms with E-state index in [4.69, 9.17) is 31.8 Å². The van der Waals surface area contributed by atoms with E-state index in [0.717, 1.165) is 54.0 Å². The number of nitrogens with zero attached hydrogens (tertiary/aromatic N) is 5. The maximum Gasteiger partial charge on any atom is 0.303 e. The molecule has 11 nitrogen and oxygen atoms in total. The summed E-state index contributed by atoms with van der Waals surface area (Å²) in [6.07, 6.45) is 3.50. The molecule has 0 aliphatic carbocycles. The lowest BCUT2D eigenvalue weighted by molar-refractivity contribution is -0.137. The predicted molar refractivity (Wildman–Crippen MR) is 163 cm³/mol. The lowest BCUT2D eigenvalue weighted by Gasteiger charge is -2.36. The first-order chi connectivity index (χ1) is 20.3. The Balaban J connectivity index is 1.26. The van der Waals surface area contributed by atoms with Crippen LogP contribution in [0.3, 0.4) is 0 Å². The van der Waals surface area contributed by atoms with Crippen LogP contribution in [0.1, 0.15) is 29.5 Å². The third-order valence-corrected chi connectivity index (χ3v) is 8.88. The van der Waals surface area contributed by atoms with Crippen LogP contribution >= 0.6 is 24.0 Å². The zero-order valence-electron chi connectivity index (χ0n) is 22.9. The molecule has 5 heterocycles. The van der Waals surface area contributed by atoms with Gasteiger partial charge in [-0.05, 0) is 48.7 Å². The van der Waals surface area contributed by atoms with Crippen LogP contribution in [-0.4, -0.2) is 80.0 Å². The number of hydrogen-bond acceptors (Lipinski definition) is 10. The number of ether oxygens (including phenoxy) is 2. The molecule has 1 amide bonds. The van der Waals surface area contributed by atoms with Gasteiger partial charge in [-0.2, -0.15) is 0 Å². The molecule has 218 valence electrons. The minimum atomic E-state index is -0.929. The van der Waals surface area contributed by atoms with E-state index in [2.05, 4.69) is 9.80 Å². The summed E-state index contributed by atoms with van der Waals surface area (Å²) in [6.45, 7) is 5.94. The molecule has 1 N–H and O–H groups in total. The monoisotopic (exact) mass is 607 g/mol. The molecule has 2 fully saturated rings. The summed E-state index contributed by atoms with van der Waals surface area (Å²) in [5.74, 6) is 0.801. The number of rotatable bonds is 8. The summed E-state index contributed by atoms with van der Waals surface area (Å²) in [7, 11) is 0. The Bertz CT molecular complexity index is 1680. The van der Waals surface area contributed by atoms with Crippen molar-refractivity contribution in [1.82, 2.24) is 19.2 Å². The number of thioether (sulfide) groups is 1. The largest absolute Gasteiger partial charge is 0.481 e. The molecule has 0 unspecified atom stereocenters. The minimum absolute atomic E-state index is 0.0593. The molecule has 6 rings (SSSR count). The van der Waals surface area contributed by atoms with Crippen molar-refractivity contribution in [2.24, 2.45) is 0 Å². The van der Waals surface area contributed by atoms with Gasteiger partial charge in [-0.3, -0.25) is 28.6 Å². The van der Waals surface area contributed by atoms with Crippen molar-refractivity contribution in [3.8, 4) is 11.5 Å². The van der Waals surface area contributed by atoms with E-state index in [9.17, 15) is 14.4 Å². The molecular formula is C29H29N5O6S2. The Kier molecular flexibility index (Phi) is 7.88. The predicted octanol–water partition coefficient (Wildman–Crippen LogP) is 3.12. The van der Waals surface area contributed by atoms with Crippen molar-refractivity contribution < 1.29 is 24.2 Å². The van der Waals surface area contributed by atoms with Gasteiger partial charge in [0.2, 0.25) is 6.79 Å². The zero-order chi connectivity index (χ0) is 29.4. The van der Waals surface area contributed by atoms with Crippen LogP contribution in [0.25, 0.3) is 11.7 Å². The molecule has 0 spiro atoms. The van der Waals surface area contributed by atoms with Crippen molar-refractivity contribution in [1.29, 1.82) is 0 Å². The van der Waals surface area contributed by atoms with Gasteiger partial charge in [0, 0.05) is 51.9 Å². The SMILES string of the molecule is Cc1cccn2c(=O)c(/C=C3/SC(=S)N(CCCC(=O)O)C3=O)c(N3CCN(Cc4ccc5c(c4)OCO5)CC3)nc12. The maximum atomic E-state index is 13.8. The summed E-state index contributed by atoms with van der Waals surface area (Å²) in [4.78, 5) is 49.1. The van der Waals surface area contributed by atoms with Crippen molar-refractivity contribution >= 4 is 57.7 Å². The molecule has 42 heavy (non-hydrogen) atoms. The average Bonchev–Trinajstić information content (AvgIpc) is 3.54. The van der Waals surface area contributed by atoms with E-state index in [1.165, 1.54) is 9.30 Å². The van der Waals surface area contributed by atoms with Crippen LogP contribution < -0.4 is 19.9 Å². The van der Waals surface area contributed by atoms with E-state index in [1.807, 2.05) is 31.2 Å². The summed E-state index contributed by atoms with van der Waals surface area (Å²) in [5, 5.41) is 8.97. The Hall–Kier alpha value is -3.94. The fourth-order valence-electron chi connectivity index (χ4n) is 5.30. The summed E-state index contributed by atoms with van der Waals surface area (Å²) in [6, 6.07) is 9.70. The zero-order valence-corrected chi connectivity index (χ0v) is 24.6. The number of carboxylic acids is 1. The van der Waals surface area contributed by atoms with Gasteiger partial charge in [0.05, 0.1) is 10.5 Å². The molecule has 3 aliphatic rings. The number of aromatic nitrogens is 2. The number of hydrogen-bond donors (Lipinski definition) is 1. The van der Waals surface area contributed by atoms with Crippen LogP contribution in [0.15, 0.2) is 46.2 Å². The molecule has 0 saturated carbocycles. The number of carbonyl (C=O) groups is 2. The molecule has 2 aromatic heterocycles. The molecule has 3 aliphatic heterocycles. The lowest BCUT2D eigenvalue weighted by atomic mass is 10.1. The first-order valence-electron chi connectivity index (χ1n) is 13.6. The molecule has 1 aromatic carbocycles. The van der Waals surface area contributed by atoms with Crippen LogP contribution in [0.2, 0.25) is 0 Å². The van der Waals surface area contributed by atoms with Crippen molar-refractivity contribution in [3.63, 3.8) is 0 Å². The second-order valence-corrected chi connectivity index (χ2v) is 12.0. The summed E-state index contributed by atoms with van der Waals surface area (Å²) < 4.78 is 12.8. The number of carbonyl (C=O) groups excluding carboxylic acids is 1. The van der Waals surface area contributed by atoms with E-state index in [-0.39, 0.29) is 37.6 Å². The number of piperazine rings is 1. The van der Waals surface area contributed by atoms with E-state index >= 15 is 0 Å². The van der Waals surface area contributed by atoms with Crippen molar-refractivity contribution in [3.05, 3.63) is 68.5 Å². The highest BCUT2D eigenvalue weighted by Crippen LogP contribution is 2.35. The molecular weight excluding hydrogens is 578 g/mol. The highest BCUT2D eigenvalue weighted by molar-refractivity contribution is 8.26. The highest BCUT2D eigenvalue weighted by Gasteiger charge is 2.33. The van der Waals surface area contributed by atoms with Gasteiger partial charge in [-0.25, -0.2) is 4.98 Å². The number of pyridine rings is 1. The van der Waals surface area contributed by atoms with Crippen LogP contribution in [-0.2, 0) is 16.1 Å². The molecule has 0 atom stereocenters. The second-order valence-electron chi connectivity index (χ2n) is 10.3. The van der Waals surface area contributed by atoms with Gasteiger partial charge < -0.3 is 19.5 Å². The van der Waals surface area contributed by atoms with Gasteiger partial charge in [-0.15, -0.1) is 0 Å². The molecule has 0 radical (unpaired) electrons. The standard InChI is InChI=1S/C29H29N5O6S2/c1-18-4-2-8-33-25(18)30-26(20(27(33)37)15-23-28(38)34(29(41)42-23)9-3-5-24(35)36)32-12-10-31(11-13-32)16-19-6-7-21-22(14-19)40-17-39-21/h2,4,6-8,14-15H,3,5,9-13,16-17H2,1H3,(H,35,36)/b23-15+. The second kappa shape index (κ2) is 11.7. The molecule has 13 heteroatoms. The Morgan fingerprint density at radius 1 is 1.14 bits per heavy atom. The van der Waals surface area contributed by atoms with Gasteiger partial charge >= 0.3 is 5.97 Å². The first kappa shape index (κ1) is 28.2. The van der Waals surface area contributed by atoms with Crippen molar-refractivity contribution in [2.45, 2.75) is 26.3 Å². The van der Waals surface area contributed by atoms with Gasteiger partial charge in [0.1, 0.15) is 15.8 Å². The smallest absolute Gasteiger partial charge is 0.303 e. The number of aryl methyl sites for hydroxylation is 1. The summed E-state index contributed by atoms with van der Waals surface area (Å²) in [5.41, 5.74) is 2.63. The van der Waals surface area contributed by atoms with E-state index in [1.54, 1.807) is 18.3 Å². The fourth-order valence-corrected chi connectivity index (χ4v) is 6.59. The van der Waals surface area contributed by atoms with Crippen LogP contribution in [0.5, 0.6) is 11.5 Å². The maximum absolute atomic E-state index is 13.8. The van der Waals surface area contributed by atoms with Crippen LogP contribution in [0, 0.1) is 6.92 Å². The summed E-state index contributed by atoms with van der Waals surface area (Å²) >= 11 is 6.54. The third-order valence-electron chi connectivity index (χ3n) is 7.50. The number of amides is 1. The number of carboxylic acid groups (broad SMARTS) is 1. The van der Waals surface area contributed by atoms with Crippen LogP contribution in [0.4, 0.5) is 5.82 Å². The van der Waals surface area contributed by atoms with E-state index < -0.39 is 5.97 Å². The topological polar surface area (TPSA) is 117 Å². The van der Waals surface area contributed by atoms with E-state index in [0.29, 0.717) is 39.3 Å². The minimum Gasteiger partial charge on any atom is -0.481 e. The first-order valence-corrected chi connectivity index (χ1v) is 14.9. The van der Waals surface area contributed by atoms with Gasteiger partial charge in [0.15, 0.2) is 11.5 Å². The Morgan fingerprint density at radius 3 is 2.71 bits per heavy atom. The average molecular weight is 608 g/mol. The van der Waals surface area contributed by atoms with Gasteiger partial charge in [-0.1, -0.05) is 36.1 Å². The lowest BCUT2D eigenvalue weighted by Crippen LogP contribution is -2.47. The Labute approximate surface area is 251 Å². The quantitative estimate of drug-likeness (QED) is 0.301. The molecule has 3 aromatic rings. The molecule has 2 saturated heterocycles. The number of fused-ring (bicyclic) bond motifs is 2. The molecule has 0 bridgehead atoms. The highest BCUT2D eigenvalue weighted by atomic mass is 32.2. The number of anilines is 1.